The molecule has 1 aliphatic heterocycles. The fourth-order valence-corrected chi connectivity index (χ4v) is 3.72. The summed E-state index contributed by atoms with van der Waals surface area (Å²) >= 11 is 0. The van der Waals surface area contributed by atoms with E-state index in [-0.39, 0.29) is 5.56 Å². The number of imidazole rings is 1. The minimum absolute atomic E-state index is 0.0251. The highest BCUT2D eigenvalue weighted by molar-refractivity contribution is 5.77. The van der Waals surface area contributed by atoms with Gasteiger partial charge >= 0.3 is 0 Å². The van der Waals surface area contributed by atoms with Crippen molar-refractivity contribution in [1.82, 2.24) is 24.0 Å². The molecule has 0 N–H and O–H groups in total. The van der Waals surface area contributed by atoms with Gasteiger partial charge in [0.1, 0.15) is 5.82 Å². The standard InChI is InChI=1S/C19H23N5O/c1-14-7-9-23(11-17(14)24-10-8-20-13-24)12-18-21-16-6-4-3-5-15(16)19(25)22(18)2/h3-6,8,10,13-14,17H,7,9,11-12H2,1-2H3/t14-,17+/m1/s1. The molecule has 2 aromatic heterocycles. The molecular formula is C19H23N5O. The van der Waals surface area contributed by atoms with E-state index < -0.39 is 0 Å². The van der Waals surface area contributed by atoms with E-state index in [1.165, 1.54) is 0 Å². The Kier molecular flexibility index (Phi) is 4.13. The molecule has 1 aliphatic rings. The highest BCUT2D eigenvalue weighted by Gasteiger charge is 2.28. The second-order valence-electron chi connectivity index (χ2n) is 6.99. The van der Waals surface area contributed by atoms with E-state index in [1.807, 2.05) is 50.0 Å². The number of piperidine rings is 1. The van der Waals surface area contributed by atoms with Gasteiger partial charge in [0.25, 0.3) is 5.56 Å². The maximum atomic E-state index is 12.6. The third-order valence-electron chi connectivity index (χ3n) is 5.35. The van der Waals surface area contributed by atoms with E-state index in [9.17, 15) is 4.79 Å². The second kappa shape index (κ2) is 6.44. The van der Waals surface area contributed by atoms with E-state index in [4.69, 9.17) is 4.98 Å². The maximum absolute atomic E-state index is 12.6. The quantitative estimate of drug-likeness (QED) is 0.735. The van der Waals surface area contributed by atoms with Crippen molar-refractivity contribution in [2.75, 3.05) is 13.1 Å². The third-order valence-corrected chi connectivity index (χ3v) is 5.35. The molecule has 0 radical (unpaired) electrons. The summed E-state index contributed by atoms with van der Waals surface area (Å²) in [5.74, 6) is 1.43. The lowest BCUT2D eigenvalue weighted by Gasteiger charge is -2.37. The van der Waals surface area contributed by atoms with Crippen LogP contribution < -0.4 is 5.56 Å². The number of rotatable bonds is 3. The van der Waals surface area contributed by atoms with Crippen LogP contribution >= 0.6 is 0 Å². The van der Waals surface area contributed by atoms with Crippen molar-refractivity contribution in [3.63, 3.8) is 0 Å². The smallest absolute Gasteiger partial charge is 0.261 e. The zero-order chi connectivity index (χ0) is 17.4. The first-order valence-electron chi connectivity index (χ1n) is 8.78. The first-order chi connectivity index (χ1) is 12.1. The lowest BCUT2D eigenvalue weighted by atomic mass is 9.93. The topological polar surface area (TPSA) is 56.0 Å². The van der Waals surface area contributed by atoms with Gasteiger partial charge in [-0.2, -0.15) is 0 Å². The summed E-state index contributed by atoms with van der Waals surface area (Å²) in [6.07, 6.45) is 6.90. The summed E-state index contributed by atoms with van der Waals surface area (Å²) in [5.41, 5.74) is 0.800. The van der Waals surface area contributed by atoms with Gasteiger partial charge in [-0.05, 0) is 31.0 Å². The number of aromatic nitrogens is 4. The molecule has 0 unspecified atom stereocenters. The van der Waals surface area contributed by atoms with Crippen LogP contribution in [0.4, 0.5) is 0 Å². The Bertz CT molecular complexity index is 931. The molecule has 130 valence electrons. The molecule has 3 aromatic rings. The number of hydrogen-bond donors (Lipinski definition) is 0. The van der Waals surface area contributed by atoms with Crippen molar-refractivity contribution in [2.45, 2.75) is 25.9 Å². The normalized spacial score (nSPS) is 21.7. The fourth-order valence-electron chi connectivity index (χ4n) is 3.72. The Hall–Kier alpha value is -2.47. The van der Waals surface area contributed by atoms with E-state index in [0.717, 1.165) is 30.9 Å². The summed E-state index contributed by atoms with van der Waals surface area (Å²) in [5, 5.41) is 0.678. The highest BCUT2D eigenvalue weighted by Crippen LogP contribution is 2.28. The molecule has 4 rings (SSSR count). The van der Waals surface area contributed by atoms with Crippen molar-refractivity contribution >= 4 is 10.9 Å². The Labute approximate surface area is 146 Å². The van der Waals surface area contributed by atoms with Gasteiger partial charge in [-0.25, -0.2) is 9.97 Å². The minimum atomic E-state index is 0.0251. The molecular weight excluding hydrogens is 314 g/mol. The van der Waals surface area contributed by atoms with Gasteiger partial charge in [-0.15, -0.1) is 0 Å². The largest absolute Gasteiger partial charge is 0.333 e. The maximum Gasteiger partial charge on any atom is 0.261 e. The van der Waals surface area contributed by atoms with Gasteiger partial charge < -0.3 is 4.57 Å². The van der Waals surface area contributed by atoms with Crippen LogP contribution in [-0.2, 0) is 13.6 Å². The molecule has 25 heavy (non-hydrogen) atoms. The van der Waals surface area contributed by atoms with Crippen LogP contribution in [0.15, 0.2) is 47.8 Å². The van der Waals surface area contributed by atoms with Crippen molar-refractivity contribution in [3.8, 4) is 0 Å². The van der Waals surface area contributed by atoms with Crippen molar-refractivity contribution in [1.29, 1.82) is 0 Å². The number of nitrogens with zero attached hydrogens (tertiary/aromatic N) is 5. The van der Waals surface area contributed by atoms with Gasteiger partial charge in [0, 0.05) is 32.0 Å². The van der Waals surface area contributed by atoms with Crippen LogP contribution in [0.3, 0.4) is 0 Å². The van der Waals surface area contributed by atoms with Crippen molar-refractivity contribution in [2.24, 2.45) is 13.0 Å². The highest BCUT2D eigenvalue weighted by atomic mass is 16.1. The average Bonchev–Trinajstić information content (AvgIpc) is 3.15. The van der Waals surface area contributed by atoms with Gasteiger partial charge in [-0.1, -0.05) is 19.1 Å². The molecule has 6 nitrogen and oxygen atoms in total. The summed E-state index contributed by atoms with van der Waals surface area (Å²) < 4.78 is 3.89. The van der Waals surface area contributed by atoms with E-state index in [0.29, 0.717) is 23.9 Å². The zero-order valence-corrected chi connectivity index (χ0v) is 14.7. The summed E-state index contributed by atoms with van der Waals surface area (Å²) in [7, 11) is 1.82. The number of hydrogen-bond acceptors (Lipinski definition) is 4. The lowest BCUT2D eigenvalue weighted by Crippen LogP contribution is -2.41. The molecule has 3 heterocycles. The van der Waals surface area contributed by atoms with Crippen LogP contribution in [0, 0.1) is 5.92 Å². The van der Waals surface area contributed by atoms with Gasteiger partial charge in [0.2, 0.25) is 0 Å². The van der Waals surface area contributed by atoms with Gasteiger partial charge in [-0.3, -0.25) is 14.3 Å². The van der Waals surface area contributed by atoms with Gasteiger partial charge in [0.05, 0.1) is 23.8 Å². The van der Waals surface area contributed by atoms with Crippen molar-refractivity contribution in [3.05, 3.63) is 59.2 Å². The Morgan fingerprint density at radius 3 is 2.92 bits per heavy atom. The predicted octanol–water partition coefficient (Wildman–Crippen LogP) is 2.21. The van der Waals surface area contributed by atoms with Gasteiger partial charge in [0.15, 0.2) is 0 Å². The molecule has 0 saturated carbocycles. The molecule has 1 aromatic carbocycles. The summed E-state index contributed by atoms with van der Waals surface area (Å²) in [6.45, 7) is 4.95. The van der Waals surface area contributed by atoms with Crippen LogP contribution in [0.2, 0.25) is 0 Å². The first kappa shape index (κ1) is 16.0. The van der Waals surface area contributed by atoms with E-state index in [1.54, 1.807) is 4.57 Å². The van der Waals surface area contributed by atoms with Crippen molar-refractivity contribution < 1.29 is 0 Å². The lowest BCUT2D eigenvalue weighted by molar-refractivity contribution is 0.122. The molecule has 1 saturated heterocycles. The number of fused-ring (bicyclic) bond motifs is 1. The Balaban J connectivity index is 1.61. The van der Waals surface area contributed by atoms with Crippen LogP contribution in [0.1, 0.15) is 25.2 Å². The summed E-state index contributed by atoms with van der Waals surface area (Å²) in [4.78, 5) is 23.9. The predicted molar refractivity (Wildman–Crippen MR) is 97.3 cm³/mol. The van der Waals surface area contributed by atoms with E-state index in [2.05, 4.69) is 21.4 Å². The minimum Gasteiger partial charge on any atom is -0.333 e. The fraction of sp³-hybridized carbons (Fsp3) is 0.421. The third kappa shape index (κ3) is 2.98. The molecule has 0 spiro atoms. The molecule has 0 bridgehead atoms. The molecule has 0 amide bonds. The number of para-hydroxylation sites is 1. The van der Waals surface area contributed by atoms with E-state index >= 15 is 0 Å². The first-order valence-corrected chi connectivity index (χ1v) is 8.78. The second-order valence-corrected chi connectivity index (χ2v) is 6.99. The van der Waals surface area contributed by atoms with Crippen LogP contribution in [-0.4, -0.2) is 37.1 Å². The summed E-state index contributed by atoms with van der Waals surface area (Å²) in [6, 6.07) is 7.97. The Morgan fingerprint density at radius 1 is 1.28 bits per heavy atom. The molecule has 6 heteroatoms. The monoisotopic (exact) mass is 337 g/mol. The average molecular weight is 337 g/mol. The zero-order valence-electron chi connectivity index (χ0n) is 14.7. The SMILES string of the molecule is C[C@@H]1CCN(Cc2nc3ccccc3c(=O)n2C)C[C@@H]1n1ccnc1. The van der Waals surface area contributed by atoms with Crippen LogP contribution in [0.5, 0.6) is 0 Å². The molecule has 0 aliphatic carbocycles. The van der Waals surface area contributed by atoms with Crippen LogP contribution in [0.25, 0.3) is 10.9 Å². The Morgan fingerprint density at radius 2 is 2.12 bits per heavy atom. The number of likely N-dealkylation sites (tertiary alicyclic amines) is 1. The molecule has 2 atom stereocenters. The molecule has 1 fully saturated rings. The number of benzene rings is 1.